The number of carbonyl (C=O) groups excluding carboxylic acids is 3. The van der Waals surface area contributed by atoms with Crippen LogP contribution in [-0.2, 0) is 9.59 Å². The topological polar surface area (TPSA) is 91.3 Å². The van der Waals surface area contributed by atoms with E-state index >= 15 is 0 Å². The summed E-state index contributed by atoms with van der Waals surface area (Å²) in [7, 11) is 1.56. The average Bonchev–Trinajstić information content (AvgIpc) is 2.93. The maximum Gasteiger partial charge on any atom is 0.270 e. The number of nitrogens with one attached hydrogen (secondary N) is 1. The van der Waals surface area contributed by atoms with Crippen molar-refractivity contribution in [3.8, 4) is 5.75 Å². The molecule has 0 saturated carbocycles. The fourth-order valence-electron chi connectivity index (χ4n) is 3.07. The van der Waals surface area contributed by atoms with Crippen molar-refractivity contribution in [2.24, 2.45) is 5.10 Å². The Morgan fingerprint density at radius 1 is 1.08 bits per heavy atom. The van der Waals surface area contributed by atoms with Gasteiger partial charge in [0, 0.05) is 44.6 Å². The number of nitrogens with zero attached hydrogens (tertiary/aromatic N) is 3. The zero-order chi connectivity index (χ0) is 18.5. The Morgan fingerprint density at radius 2 is 1.81 bits per heavy atom. The van der Waals surface area contributed by atoms with E-state index in [1.165, 1.54) is 0 Å². The van der Waals surface area contributed by atoms with Crippen molar-refractivity contribution in [1.29, 1.82) is 0 Å². The summed E-state index contributed by atoms with van der Waals surface area (Å²) in [6.45, 7) is 2.06. The number of hydrazone groups is 1. The second kappa shape index (κ2) is 7.99. The van der Waals surface area contributed by atoms with Crippen molar-refractivity contribution in [1.82, 2.24) is 15.2 Å². The molecule has 1 aromatic rings. The Kier molecular flexibility index (Phi) is 5.50. The summed E-state index contributed by atoms with van der Waals surface area (Å²) in [5.74, 6) is 0.230. The molecule has 2 aliphatic heterocycles. The molecule has 2 heterocycles. The second-order valence-electron chi connectivity index (χ2n) is 6.26. The van der Waals surface area contributed by atoms with Crippen LogP contribution >= 0.6 is 0 Å². The molecule has 0 spiro atoms. The fraction of sp³-hybridized carbons (Fsp3) is 0.444. The first-order chi connectivity index (χ1) is 12.6. The minimum atomic E-state index is -0.174. The van der Waals surface area contributed by atoms with E-state index in [1.807, 2.05) is 0 Å². The van der Waals surface area contributed by atoms with Crippen molar-refractivity contribution >= 4 is 23.4 Å². The molecule has 0 radical (unpaired) electrons. The Balaban J connectivity index is 1.63. The van der Waals surface area contributed by atoms with Gasteiger partial charge >= 0.3 is 0 Å². The molecule has 138 valence electrons. The molecular formula is C18H22N4O4. The number of hydrogen-bond donors (Lipinski definition) is 1. The second-order valence-corrected chi connectivity index (χ2v) is 6.26. The zero-order valence-corrected chi connectivity index (χ0v) is 14.7. The van der Waals surface area contributed by atoms with Crippen molar-refractivity contribution in [2.75, 3.05) is 33.3 Å². The van der Waals surface area contributed by atoms with Gasteiger partial charge in [0.1, 0.15) is 11.5 Å². The van der Waals surface area contributed by atoms with E-state index in [9.17, 15) is 14.4 Å². The van der Waals surface area contributed by atoms with Crippen LogP contribution in [0, 0.1) is 0 Å². The molecule has 0 bridgehead atoms. The van der Waals surface area contributed by atoms with Gasteiger partial charge in [-0.25, -0.2) is 5.43 Å². The summed E-state index contributed by atoms with van der Waals surface area (Å²) in [5.41, 5.74) is 3.30. The summed E-state index contributed by atoms with van der Waals surface area (Å²) >= 11 is 0. The van der Waals surface area contributed by atoms with Crippen molar-refractivity contribution < 1.29 is 19.1 Å². The quantitative estimate of drug-likeness (QED) is 0.858. The van der Waals surface area contributed by atoms with Crippen LogP contribution in [0.1, 0.15) is 29.6 Å². The monoisotopic (exact) mass is 358 g/mol. The van der Waals surface area contributed by atoms with Crippen LogP contribution in [-0.4, -0.2) is 66.5 Å². The predicted molar refractivity (Wildman–Crippen MR) is 94.9 cm³/mol. The van der Waals surface area contributed by atoms with Gasteiger partial charge in [-0.2, -0.15) is 5.10 Å². The average molecular weight is 358 g/mol. The Morgan fingerprint density at radius 3 is 2.46 bits per heavy atom. The molecule has 0 atom stereocenters. The van der Waals surface area contributed by atoms with Crippen LogP contribution in [0.2, 0.25) is 0 Å². The van der Waals surface area contributed by atoms with E-state index in [0.29, 0.717) is 56.0 Å². The van der Waals surface area contributed by atoms with E-state index in [2.05, 4.69) is 10.5 Å². The SMILES string of the molecule is COc1cccc(C(=O)N2CCCN(C(=O)C3=NNC(=O)CC3)CC2)c1. The molecule has 8 heteroatoms. The molecule has 1 fully saturated rings. The third-order valence-corrected chi connectivity index (χ3v) is 4.54. The normalized spacial score (nSPS) is 17.9. The minimum Gasteiger partial charge on any atom is -0.497 e. The number of amides is 3. The summed E-state index contributed by atoms with van der Waals surface area (Å²) in [5, 5.41) is 3.87. The summed E-state index contributed by atoms with van der Waals surface area (Å²) in [6.07, 6.45) is 1.33. The Hall–Kier alpha value is -2.90. The molecule has 3 rings (SSSR count). The highest BCUT2D eigenvalue weighted by Gasteiger charge is 2.27. The van der Waals surface area contributed by atoms with Crippen LogP contribution in [0.5, 0.6) is 5.75 Å². The molecule has 8 nitrogen and oxygen atoms in total. The zero-order valence-electron chi connectivity index (χ0n) is 14.7. The third-order valence-electron chi connectivity index (χ3n) is 4.54. The number of carbonyl (C=O) groups is 3. The van der Waals surface area contributed by atoms with Gasteiger partial charge in [-0.15, -0.1) is 0 Å². The van der Waals surface area contributed by atoms with Gasteiger partial charge in [-0.1, -0.05) is 6.07 Å². The van der Waals surface area contributed by atoms with E-state index < -0.39 is 0 Å². The molecule has 1 N–H and O–H groups in total. The first kappa shape index (κ1) is 17.9. The maximum absolute atomic E-state index is 12.7. The highest BCUT2D eigenvalue weighted by Crippen LogP contribution is 2.16. The fourth-order valence-corrected chi connectivity index (χ4v) is 3.07. The van der Waals surface area contributed by atoms with Gasteiger partial charge in [0.2, 0.25) is 5.91 Å². The first-order valence-electron chi connectivity index (χ1n) is 8.66. The number of hydrogen-bond acceptors (Lipinski definition) is 5. The molecule has 0 aromatic heterocycles. The molecule has 2 aliphatic rings. The highest BCUT2D eigenvalue weighted by atomic mass is 16.5. The van der Waals surface area contributed by atoms with E-state index in [1.54, 1.807) is 41.2 Å². The maximum atomic E-state index is 12.7. The third kappa shape index (κ3) is 4.01. The largest absolute Gasteiger partial charge is 0.497 e. The Labute approximate surface area is 151 Å². The van der Waals surface area contributed by atoms with Crippen LogP contribution in [0.4, 0.5) is 0 Å². The van der Waals surface area contributed by atoms with Gasteiger partial charge in [-0.3, -0.25) is 14.4 Å². The van der Waals surface area contributed by atoms with Gasteiger partial charge < -0.3 is 14.5 Å². The minimum absolute atomic E-state index is 0.0690. The molecule has 26 heavy (non-hydrogen) atoms. The summed E-state index contributed by atoms with van der Waals surface area (Å²) in [6, 6.07) is 7.06. The van der Waals surface area contributed by atoms with Gasteiger partial charge in [-0.05, 0) is 24.6 Å². The van der Waals surface area contributed by atoms with E-state index in [4.69, 9.17) is 4.74 Å². The van der Waals surface area contributed by atoms with Crippen molar-refractivity contribution in [3.63, 3.8) is 0 Å². The number of methoxy groups -OCH3 is 1. The summed E-state index contributed by atoms with van der Waals surface area (Å²) < 4.78 is 5.17. The standard InChI is InChI=1S/C18H22N4O4/c1-26-14-5-2-4-13(12-14)17(24)21-8-3-9-22(11-10-21)18(25)15-6-7-16(23)20-19-15/h2,4-5,12H,3,6-11H2,1H3,(H,20,23). The number of ether oxygens (including phenoxy) is 1. The molecular weight excluding hydrogens is 336 g/mol. The first-order valence-corrected chi connectivity index (χ1v) is 8.66. The van der Waals surface area contributed by atoms with Crippen LogP contribution < -0.4 is 10.2 Å². The van der Waals surface area contributed by atoms with E-state index in [-0.39, 0.29) is 24.1 Å². The van der Waals surface area contributed by atoms with Gasteiger partial charge in [0.15, 0.2) is 0 Å². The molecule has 0 unspecified atom stereocenters. The molecule has 1 saturated heterocycles. The predicted octanol–water partition coefficient (Wildman–Crippen LogP) is 0.636. The molecule has 3 amide bonds. The lowest BCUT2D eigenvalue weighted by Gasteiger charge is -2.23. The van der Waals surface area contributed by atoms with Crippen LogP contribution in [0.25, 0.3) is 0 Å². The van der Waals surface area contributed by atoms with E-state index in [0.717, 1.165) is 0 Å². The number of rotatable bonds is 3. The lowest BCUT2D eigenvalue weighted by Crippen LogP contribution is -2.42. The lowest BCUT2D eigenvalue weighted by atomic mass is 10.1. The van der Waals surface area contributed by atoms with Gasteiger partial charge in [0.25, 0.3) is 11.8 Å². The molecule has 1 aromatic carbocycles. The lowest BCUT2D eigenvalue weighted by molar-refractivity contribution is -0.124. The highest BCUT2D eigenvalue weighted by molar-refractivity contribution is 6.39. The number of benzene rings is 1. The van der Waals surface area contributed by atoms with Crippen LogP contribution in [0.15, 0.2) is 29.4 Å². The smallest absolute Gasteiger partial charge is 0.270 e. The van der Waals surface area contributed by atoms with Gasteiger partial charge in [0.05, 0.1) is 7.11 Å². The Bertz CT molecular complexity index is 746. The van der Waals surface area contributed by atoms with Crippen molar-refractivity contribution in [2.45, 2.75) is 19.3 Å². The van der Waals surface area contributed by atoms with Crippen molar-refractivity contribution in [3.05, 3.63) is 29.8 Å². The van der Waals surface area contributed by atoms with Crippen LogP contribution in [0.3, 0.4) is 0 Å². The summed E-state index contributed by atoms with van der Waals surface area (Å²) in [4.78, 5) is 39.9. The molecule has 0 aliphatic carbocycles.